The van der Waals surface area contributed by atoms with Crippen molar-refractivity contribution in [2.24, 2.45) is 0 Å². The molecular formula is C32H36N2O4. The minimum atomic E-state index is -0.536. The predicted octanol–water partition coefficient (Wildman–Crippen LogP) is 6.57. The van der Waals surface area contributed by atoms with Crippen molar-refractivity contribution in [3.63, 3.8) is 0 Å². The Morgan fingerprint density at radius 2 is 1.58 bits per heavy atom. The molecule has 0 unspecified atom stereocenters. The lowest BCUT2D eigenvalue weighted by atomic mass is 9.93. The van der Waals surface area contributed by atoms with Crippen molar-refractivity contribution in [2.75, 3.05) is 12.1 Å². The van der Waals surface area contributed by atoms with Gasteiger partial charge in [0.1, 0.15) is 0 Å². The van der Waals surface area contributed by atoms with Gasteiger partial charge in [0.2, 0.25) is 12.7 Å². The van der Waals surface area contributed by atoms with Crippen LogP contribution in [0.4, 0.5) is 5.69 Å². The summed E-state index contributed by atoms with van der Waals surface area (Å²) in [5.41, 5.74) is 5.13. The number of aryl methyl sites for hydroxylation is 1. The van der Waals surface area contributed by atoms with Gasteiger partial charge in [-0.25, -0.2) is 0 Å². The molecule has 0 radical (unpaired) electrons. The van der Waals surface area contributed by atoms with Crippen LogP contribution >= 0.6 is 0 Å². The van der Waals surface area contributed by atoms with Crippen LogP contribution < -0.4 is 14.8 Å². The van der Waals surface area contributed by atoms with E-state index in [1.165, 1.54) is 5.56 Å². The molecule has 1 aliphatic heterocycles. The lowest BCUT2D eigenvalue weighted by molar-refractivity contribution is -0.118. The van der Waals surface area contributed by atoms with Gasteiger partial charge in [-0.2, -0.15) is 0 Å². The van der Waals surface area contributed by atoms with Crippen molar-refractivity contribution in [1.29, 1.82) is 0 Å². The number of nitrogens with zero attached hydrogens (tertiary/aromatic N) is 1. The van der Waals surface area contributed by atoms with E-state index in [0.717, 1.165) is 47.4 Å². The lowest BCUT2D eigenvalue weighted by Crippen LogP contribution is -2.42. The number of hydrogen-bond donors (Lipinski definition) is 1. The van der Waals surface area contributed by atoms with E-state index < -0.39 is 5.41 Å². The van der Waals surface area contributed by atoms with Crippen LogP contribution in [-0.4, -0.2) is 35.6 Å². The first-order valence-corrected chi connectivity index (χ1v) is 13.5. The maximum Gasteiger partial charge on any atom is 0.254 e. The molecule has 1 N–H and O–H groups in total. The molecule has 38 heavy (non-hydrogen) atoms. The molecule has 0 atom stereocenters. The number of rotatable bonds is 8. The first-order chi connectivity index (χ1) is 18.2. The van der Waals surface area contributed by atoms with Crippen LogP contribution in [0.2, 0.25) is 0 Å². The Labute approximate surface area is 225 Å². The SMILES string of the molecule is CCc1ccc(NC(=O)C2(c3ccc4c(c3)OCO4)CC2)cc1-c1ccc(C(=O)N(C(C)C)C(C)C)cc1. The molecule has 2 amide bonds. The minimum absolute atomic E-state index is 0.00466. The van der Waals surface area contributed by atoms with Gasteiger partial charge in [0.25, 0.3) is 5.91 Å². The summed E-state index contributed by atoms with van der Waals surface area (Å²) in [6.45, 7) is 10.5. The summed E-state index contributed by atoms with van der Waals surface area (Å²) < 4.78 is 11.0. The van der Waals surface area contributed by atoms with E-state index in [1.807, 2.05) is 87.2 Å². The number of carbonyl (C=O) groups is 2. The normalized spacial score (nSPS) is 15.0. The Morgan fingerprint density at radius 1 is 0.895 bits per heavy atom. The summed E-state index contributed by atoms with van der Waals surface area (Å²) in [7, 11) is 0. The van der Waals surface area contributed by atoms with Crippen molar-refractivity contribution in [3.8, 4) is 22.6 Å². The molecular weight excluding hydrogens is 476 g/mol. The highest BCUT2D eigenvalue weighted by Gasteiger charge is 2.51. The molecule has 5 rings (SSSR count). The zero-order valence-corrected chi connectivity index (χ0v) is 22.8. The molecule has 1 saturated carbocycles. The van der Waals surface area contributed by atoms with Crippen molar-refractivity contribution >= 4 is 17.5 Å². The third-order valence-electron chi connectivity index (χ3n) is 7.65. The third kappa shape index (κ3) is 4.75. The molecule has 3 aromatic carbocycles. The highest BCUT2D eigenvalue weighted by Crippen LogP contribution is 2.51. The number of benzene rings is 3. The van der Waals surface area contributed by atoms with Gasteiger partial charge in [0, 0.05) is 23.3 Å². The molecule has 0 bridgehead atoms. The Hall–Kier alpha value is -3.80. The third-order valence-corrected chi connectivity index (χ3v) is 7.65. The largest absolute Gasteiger partial charge is 0.454 e. The smallest absolute Gasteiger partial charge is 0.254 e. The second-order valence-electron chi connectivity index (χ2n) is 10.8. The van der Waals surface area contributed by atoms with Gasteiger partial charge >= 0.3 is 0 Å². The van der Waals surface area contributed by atoms with Gasteiger partial charge in [-0.1, -0.05) is 31.2 Å². The van der Waals surface area contributed by atoms with Crippen LogP contribution in [0.3, 0.4) is 0 Å². The van der Waals surface area contributed by atoms with Gasteiger partial charge in [0.15, 0.2) is 11.5 Å². The van der Waals surface area contributed by atoms with Crippen molar-refractivity contribution in [1.82, 2.24) is 4.90 Å². The Bertz CT molecular complexity index is 1350. The fourth-order valence-corrected chi connectivity index (χ4v) is 5.45. The molecule has 3 aromatic rings. The zero-order chi connectivity index (χ0) is 27.0. The molecule has 0 aromatic heterocycles. The maximum atomic E-state index is 13.5. The Morgan fingerprint density at radius 3 is 2.21 bits per heavy atom. The number of fused-ring (bicyclic) bond motifs is 1. The van der Waals surface area contributed by atoms with Crippen molar-refractivity contribution < 1.29 is 19.1 Å². The minimum Gasteiger partial charge on any atom is -0.454 e. The van der Waals surface area contributed by atoms with Gasteiger partial charge in [-0.05, 0) is 106 Å². The Balaban J connectivity index is 1.37. The highest BCUT2D eigenvalue weighted by molar-refractivity contribution is 6.02. The summed E-state index contributed by atoms with van der Waals surface area (Å²) in [5, 5.41) is 3.17. The molecule has 1 aliphatic carbocycles. The monoisotopic (exact) mass is 512 g/mol. The van der Waals surface area contributed by atoms with Gasteiger partial charge in [-0.15, -0.1) is 0 Å². The van der Waals surface area contributed by atoms with Crippen LogP contribution in [0.1, 0.15) is 68.9 Å². The van der Waals surface area contributed by atoms with Crippen LogP contribution in [0, 0.1) is 0 Å². The first-order valence-electron chi connectivity index (χ1n) is 13.5. The number of anilines is 1. The van der Waals surface area contributed by atoms with Gasteiger partial charge in [0.05, 0.1) is 5.41 Å². The fraction of sp³-hybridized carbons (Fsp3) is 0.375. The second kappa shape index (κ2) is 10.2. The molecule has 6 heteroatoms. The predicted molar refractivity (Wildman–Crippen MR) is 150 cm³/mol. The van der Waals surface area contributed by atoms with E-state index in [4.69, 9.17) is 9.47 Å². The topological polar surface area (TPSA) is 67.9 Å². The standard InChI is InChI=1S/C32H36N2O4/c1-6-22-11-13-26(33-31(36)32(15-16-32)25-12-14-28-29(17-25)38-19-37-28)18-27(22)23-7-9-24(10-8-23)30(35)34(20(2)3)21(4)5/h7-14,17-18,20-21H,6,15-16,19H2,1-5H3,(H,33,36). The van der Waals surface area contributed by atoms with Crippen molar-refractivity contribution in [3.05, 3.63) is 77.4 Å². The molecule has 0 saturated heterocycles. The van der Waals surface area contributed by atoms with E-state index in [9.17, 15) is 9.59 Å². The van der Waals surface area contributed by atoms with Crippen LogP contribution in [0.25, 0.3) is 11.1 Å². The summed E-state index contributed by atoms with van der Waals surface area (Å²) in [6.07, 6.45) is 2.47. The average Bonchev–Trinajstić information content (AvgIpc) is 3.59. The second-order valence-corrected chi connectivity index (χ2v) is 10.8. The van der Waals surface area contributed by atoms with E-state index >= 15 is 0 Å². The number of amides is 2. The van der Waals surface area contributed by atoms with E-state index in [0.29, 0.717) is 11.3 Å². The number of nitrogens with one attached hydrogen (secondary N) is 1. The summed E-state index contributed by atoms with van der Waals surface area (Å²) >= 11 is 0. The molecule has 2 aliphatic rings. The lowest BCUT2D eigenvalue weighted by Gasteiger charge is -2.31. The van der Waals surface area contributed by atoms with E-state index in [2.05, 4.69) is 18.3 Å². The fourth-order valence-electron chi connectivity index (χ4n) is 5.45. The summed E-state index contributed by atoms with van der Waals surface area (Å²) in [4.78, 5) is 28.5. The van der Waals surface area contributed by atoms with Gasteiger partial charge < -0.3 is 19.7 Å². The van der Waals surface area contributed by atoms with E-state index in [-0.39, 0.29) is 30.7 Å². The number of hydrogen-bond acceptors (Lipinski definition) is 4. The van der Waals surface area contributed by atoms with E-state index in [1.54, 1.807) is 0 Å². The van der Waals surface area contributed by atoms with Crippen LogP contribution in [-0.2, 0) is 16.6 Å². The zero-order valence-electron chi connectivity index (χ0n) is 22.8. The van der Waals surface area contributed by atoms with Crippen molar-refractivity contribution in [2.45, 2.75) is 71.4 Å². The Kier molecular flexibility index (Phi) is 6.91. The average molecular weight is 513 g/mol. The van der Waals surface area contributed by atoms with Crippen LogP contribution in [0.5, 0.6) is 11.5 Å². The van der Waals surface area contributed by atoms with Gasteiger partial charge in [-0.3, -0.25) is 9.59 Å². The maximum absolute atomic E-state index is 13.5. The molecule has 1 heterocycles. The molecule has 198 valence electrons. The quantitative estimate of drug-likeness (QED) is 0.370. The van der Waals surface area contributed by atoms with Crippen LogP contribution in [0.15, 0.2) is 60.7 Å². The molecule has 6 nitrogen and oxygen atoms in total. The molecule has 0 spiro atoms. The summed E-state index contributed by atoms with van der Waals surface area (Å²) in [6, 6.07) is 19.9. The number of ether oxygens (including phenoxy) is 2. The number of carbonyl (C=O) groups excluding carboxylic acids is 2. The molecule has 1 fully saturated rings. The highest BCUT2D eigenvalue weighted by atomic mass is 16.7. The summed E-state index contributed by atoms with van der Waals surface area (Å²) in [5.74, 6) is 1.45. The first kappa shape index (κ1) is 25.8.